The molecular weight excluding hydrogens is 348 g/mol. The molecular formula is C16H22N2O4S2. The lowest BCUT2D eigenvalue weighted by Crippen LogP contribution is -2.52. The van der Waals surface area contributed by atoms with E-state index in [0.29, 0.717) is 18.7 Å². The zero-order valence-corrected chi connectivity index (χ0v) is 15.7. The summed E-state index contributed by atoms with van der Waals surface area (Å²) in [7, 11) is -3.66. The van der Waals surface area contributed by atoms with Gasteiger partial charge in [-0.2, -0.15) is 16.1 Å². The van der Waals surface area contributed by atoms with Crippen LogP contribution in [0.5, 0.6) is 0 Å². The van der Waals surface area contributed by atoms with Gasteiger partial charge < -0.3 is 4.90 Å². The summed E-state index contributed by atoms with van der Waals surface area (Å²) in [5.74, 6) is -0.133. The molecule has 24 heavy (non-hydrogen) atoms. The Balaban J connectivity index is 2.12. The summed E-state index contributed by atoms with van der Waals surface area (Å²) in [4.78, 5) is 25.5. The molecule has 6 nitrogen and oxygen atoms in total. The molecule has 0 bridgehead atoms. The van der Waals surface area contributed by atoms with E-state index in [0.717, 1.165) is 0 Å². The fourth-order valence-corrected chi connectivity index (χ4v) is 4.35. The minimum atomic E-state index is -3.66. The van der Waals surface area contributed by atoms with Crippen molar-refractivity contribution in [2.75, 3.05) is 32.4 Å². The van der Waals surface area contributed by atoms with Crippen molar-refractivity contribution in [2.24, 2.45) is 0 Å². The van der Waals surface area contributed by atoms with E-state index in [2.05, 4.69) is 0 Å². The summed E-state index contributed by atoms with van der Waals surface area (Å²) in [5.41, 5.74) is 0.374. The van der Waals surface area contributed by atoms with Gasteiger partial charge in [-0.15, -0.1) is 0 Å². The molecule has 0 aromatic heterocycles. The maximum absolute atomic E-state index is 12.7. The standard InChI is InChI=1S/C16H22N2O4S2/c1-12(19)14-5-4-6-15(11-14)24(21,22)18-9-7-17(8-10-18)16(20)13(2)23-3/h4-6,11,13H,7-10H2,1-3H3/t13-/m1/s1. The number of hydrogen-bond acceptors (Lipinski definition) is 5. The number of piperazine rings is 1. The van der Waals surface area contributed by atoms with Crippen molar-refractivity contribution >= 4 is 33.5 Å². The number of Topliss-reactive ketones (excluding diaryl/α,β-unsaturated/α-hetero) is 1. The SMILES string of the molecule is CS[C@H](C)C(=O)N1CCN(S(=O)(=O)c2cccc(C(C)=O)c2)CC1. The van der Waals surface area contributed by atoms with E-state index in [1.165, 1.54) is 35.1 Å². The molecule has 0 radical (unpaired) electrons. The molecule has 1 aliphatic rings. The molecule has 1 amide bonds. The minimum absolute atomic E-state index is 0.0399. The van der Waals surface area contributed by atoms with Crippen LogP contribution in [0.3, 0.4) is 0 Å². The number of carbonyl (C=O) groups excluding carboxylic acids is 2. The van der Waals surface area contributed by atoms with E-state index in [4.69, 9.17) is 0 Å². The van der Waals surface area contributed by atoms with Crippen molar-refractivity contribution in [1.82, 2.24) is 9.21 Å². The van der Waals surface area contributed by atoms with Crippen LogP contribution < -0.4 is 0 Å². The summed E-state index contributed by atoms with van der Waals surface area (Å²) < 4.78 is 26.8. The fourth-order valence-electron chi connectivity index (χ4n) is 2.53. The molecule has 1 aliphatic heterocycles. The number of hydrogen-bond donors (Lipinski definition) is 0. The third kappa shape index (κ3) is 3.99. The quantitative estimate of drug-likeness (QED) is 0.734. The van der Waals surface area contributed by atoms with Crippen LogP contribution in [-0.2, 0) is 14.8 Å². The predicted octanol–water partition coefficient (Wildman–Crippen LogP) is 1.47. The Kier molecular flexibility index (Phi) is 6.06. The summed E-state index contributed by atoms with van der Waals surface area (Å²) >= 11 is 1.48. The van der Waals surface area contributed by atoms with Crippen molar-refractivity contribution < 1.29 is 18.0 Å². The zero-order chi connectivity index (χ0) is 17.9. The maximum Gasteiger partial charge on any atom is 0.243 e. The van der Waals surface area contributed by atoms with Gasteiger partial charge in [0.05, 0.1) is 10.1 Å². The summed E-state index contributed by atoms with van der Waals surface area (Å²) in [6.45, 7) is 4.55. The zero-order valence-electron chi connectivity index (χ0n) is 14.1. The Hall–Kier alpha value is -1.38. The highest BCUT2D eigenvalue weighted by Gasteiger charge is 2.31. The molecule has 0 N–H and O–H groups in total. The van der Waals surface area contributed by atoms with Gasteiger partial charge in [0, 0.05) is 31.7 Å². The number of nitrogens with zero attached hydrogens (tertiary/aromatic N) is 2. The number of ketones is 1. The van der Waals surface area contributed by atoms with Crippen molar-refractivity contribution in [1.29, 1.82) is 0 Å². The van der Waals surface area contributed by atoms with Gasteiger partial charge in [-0.25, -0.2) is 8.42 Å². The number of rotatable bonds is 5. The van der Waals surface area contributed by atoms with E-state index >= 15 is 0 Å². The normalized spacial score (nSPS) is 17.5. The number of benzene rings is 1. The van der Waals surface area contributed by atoms with Crippen LogP contribution in [0.4, 0.5) is 0 Å². The van der Waals surface area contributed by atoms with Crippen LogP contribution in [0.25, 0.3) is 0 Å². The van der Waals surface area contributed by atoms with Crippen LogP contribution in [0, 0.1) is 0 Å². The molecule has 2 rings (SSSR count). The second kappa shape index (κ2) is 7.67. The first-order chi connectivity index (χ1) is 11.3. The van der Waals surface area contributed by atoms with E-state index in [9.17, 15) is 18.0 Å². The smallest absolute Gasteiger partial charge is 0.243 e. The van der Waals surface area contributed by atoms with Crippen LogP contribution in [0.1, 0.15) is 24.2 Å². The largest absolute Gasteiger partial charge is 0.339 e. The molecule has 0 spiro atoms. The van der Waals surface area contributed by atoms with Gasteiger partial charge >= 0.3 is 0 Å². The second-order valence-electron chi connectivity index (χ2n) is 5.69. The minimum Gasteiger partial charge on any atom is -0.339 e. The summed E-state index contributed by atoms with van der Waals surface area (Å²) in [5, 5.41) is -0.125. The number of sulfonamides is 1. The fraction of sp³-hybridized carbons (Fsp3) is 0.500. The van der Waals surface area contributed by atoms with Gasteiger partial charge in [0.15, 0.2) is 5.78 Å². The molecule has 0 aliphatic carbocycles. The van der Waals surface area contributed by atoms with Crippen LogP contribution >= 0.6 is 11.8 Å². The second-order valence-corrected chi connectivity index (χ2v) is 8.81. The molecule has 1 heterocycles. The average molecular weight is 370 g/mol. The Morgan fingerprint density at radius 1 is 1.17 bits per heavy atom. The third-order valence-electron chi connectivity index (χ3n) is 4.13. The average Bonchev–Trinajstić information content (AvgIpc) is 2.60. The third-order valence-corrected chi connectivity index (χ3v) is 6.93. The van der Waals surface area contributed by atoms with Gasteiger partial charge in [-0.3, -0.25) is 9.59 Å². The highest BCUT2D eigenvalue weighted by atomic mass is 32.2. The van der Waals surface area contributed by atoms with E-state index < -0.39 is 10.0 Å². The molecule has 1 fully saturated rings. The predicted molar refractivity (Wildman–Crippen MR) is 94.8 cm³/mol. The highest BCUT2D eigenvalue weighted by Crippen LogP contribution is 2.20. The van der Waals surface area contributed by atoms with Crippen molar-refractivity contribution in [3.63, 3.8) is 0 Å². The summed E-state index contributed by atoms with van der Waals surface area (Å²) in [6, 6.07) is 6.07. The van der Waals surface area contributed by atoms with Gasteiger partial charge in [0.1, 0.15) is 0 Å². The van der Waals surface area contributed by atoms with Gasteiger partial charge in [0.25, 0.3) is 0 Å². The van der Waals surface area contributed by atoms with Gasteiger partial charge in [-0.05, 0) is 32.2 Å². The van der Waals surface area contributed by atoms with E-state index in [1.807, 2.05) is 13.2 Å². The lowest BCUT2D eigenvalue weighted by Gasteiger charge is -2.35. The Bertz CT molecular complexity index is 725. The molecule has 8 heteroatoms. The first kappa shape index (κ1) is 19.0. The lowest BCUT2D eigenvalue weighted by atomic mass is 10.2. The van der Waals surface area contributed by atoms with Crippen molar-refractivity contribution in [2.45, 2.75) is 24.0 Å². The molecule has 0 saturated carbocycles. The van der Waals surface area contributed by atoms with Crippen LogP contribution in [0.15, 0.2) is 29.2 Å². The molecule has 1 aromatic carbocycles. The molecule has 1 aromatic rings. The first-order valence-corrected chi connectivity index (χ1v) is 10.4. The topological polar surface area (TPSA) is 74.8 Å². The summed E-state index contributed by atoms with van der Waals surface area (Å²) in [6.07, 6.45) is 1.88. The van der Waals surface area contributed by atoms with Gasteiger partial charge in [0.2, 0.25) is 15.9 Å². The number of amides is 1. The molecule has 1 atom stereocenters. The Labute approximate surface area is 147 Å². The Morgan fingerprint density at radius 2 is 1.79 bits per heavy atom. The maximum atomic E-state index is 12.7. The van der Waals surface area contributed by atoms with E-state index in [-0.39, 0.29) is 34.9 Å². The number of thioether (sulfide) groups is 1. The monoisotopic (exact) mass is 370 g/mol. The van der Waals surface area contributed by atoms with Crippen molar-refractivity contribution in [3.05, 3.63) is 29.8 Å². The molecule has 132 valence electrons. The van der Waals surface area contributed by atoms with Crippen LogP contribution in [-0.4, -0.2) is 67.0 Å². The highest BCUT2D eigenvalue weighted by molar-refractivity contribution is 7.99. The van der Waals surface area contributed by atoms with Crippen molar-refractivity contribution in [3.8, 4) is 0 Å². The lowest BCUT2D eigenvalue weighted by molar-refractivity contribution is -0.131. The number of carbonyl (C=O) groups is 2. The molecule has 0 unspecified atom stereocenters. The van der Waals surface area contributed by atoms with Crippen LogP contribution in [0.2, 0.25) is 0 Å². The first-order valence-electron chi connectivity index (χ1n) is 7.70. The molecule has 1 saturated heterocycles. The van der Waals surface area contributed by atoms with E-state index in [1.54, 1.807) is 17.0 Å². The van der Waals surface area contributed by atoms with Gasteiger partial charge in [-0.1, -0.05) is 12.1 Å². The Morgan fingerprint density at radius 3 is 2.33 bits per heavy atom.